The molecular weight excluding hydrogens is 380 g/mol. The Kier molecular flexibility index (Phi) is 4.56. The standard InChI is InChI=1S/C23H22N4OS/c1-16-4-9-21(26-10-2-3-11-26)19(14-16)22(28)24-18-7-5-17(6-8-18)20-15-27-12-13-29-23(27)25-20/h4-9,12-15H,2-3,10-11H2,1H3,(H,24,28). The lowest BCUT2D eigenvalue weighted by molar-refractivity contribution is 0.102. The molecule has 1 amide bonds. The van der Waals surface area contributed by atoms with E-state index in [-0.39, 0.29) is 5.91 Å². The molecule has 0 saturated carbocycles. The molecule has 0 unspecified atom stereocenters. The molecule has 0 aliphatic carbocycles. The molecule has 0 atom stereocenters. The Morgan fingerprint density at radius 2 is 1.90 bits per heavy atom. The van der Waals surface area contributed by atoms with Gasteiger partial charge in [-0.25, -0.2) is 4.98 Å². The average Bonchev–Trinajstić information content (AvgIpc) is 3.46. The van der Waals surface area contributed by atoms with Crippen LogP contribution in [0, 0.1) is 6.92 Å². The van der Waals surface area contributed by atoms with Crippen LogP contribution < -0.4 is 10.2 Å². The zero-order valence-electron chi connectivity index (χ0n) is 16.3. The minimum Gasteiger partial charge on any atom is -0.371 e. The number of nitrogens with zero attached hydrogens (tertiary/aromatic N) is 3. The molecule has 1 fully saturated rings. The first-order valence-electron chi connectivity index (χ1n) is 9.87. The average molecular weight is 403 g/mol. The lowest BCUT2D eigenvalue weighted by Crippen LogP contribution is -2.23. The Balaban J connectivity index is 1.37. The van der Waals surface area contributed by atoms with Crippen molar-refractivity contribution < 1.29 is 4.79 Å². The van der Waals surface area contributed by atoms with Crippen molar-refractivity contribution in [2.75, 3.05) is 23.3 Å². The summed E-state index contributed by atoms with van der Waals surface area (Å²) in [5.74, 6) is -0.0640. The van der Waals surface area contributed by atoms with Gasteiger partial charge in [0.1, 0.15) is 0 Å². The molecule has 0 bridgehead atoms. The Morgan fingerprint density at radius 3 is 2.66 bits per heavy atom. The summed E-state index contributed by atoms with van der Waals surface area (Å²) < 4.78 is 2.02. The van der Waals surface area contributed by atoms with E-state index in [0.29, 0.717) is 0 Å². The molecule has 2 aromatic heterocycles. The van der Waals surface area contributed by atoms with Gasteiger partial charge in [0, 0.05) is 47.8 Å². The van der Waals surface area contributed by atoms with E-state index < -0.39 is 0 Å². The number of thiazole rings is 1. The number of fused-ring (bicyclic) bond motifs is 1. The van der Waals surface area contributed by atoms with Gasteiger partial charge in [0.15, 0.2) is 4.96 Å². The summed E-state index contributed by atoms with van der Waals surface area (Å²) in [4.78, 5) is 20.9. The van der Waals surface area contributed by atoms with Crippen molar-refractivity contribution in [3.05, 3.63) is 71.4 Å². The van der Waals surface area contributed by atoms with E-state index in [1.807, 2.05) is 59.4 Å². The van der Waals surface area contributed by atoms with Gasteiger partial charge in [-0.15, -0.1) is 11.3 Å². The number of nitrogens with one attached hydrogen (secondary N) is 1. The van der Waals surface area contributed by atoms with Gasteiger partial charge >= 0.3 is 0 Å². The summed E-state index contributed by atoms with van der Waals surface area (Å²) in [6.07, 6.45) is 6.39. The molecular formula is C23H22N4OS. The Hall–Kier alpha value is -3.12. The van der Waals surface area contributed by atoms with E-state index in [2.05, 4.69) is 27.3 Å². The highest BCUT2D eigenvalue weighted by atomic mass is 32.1. The molecule has 0 radical (unpaired) electrons. The number of anilines is 2. The highest BCUT2D eigenvalue weighted by Gasteiger charge is 2.20. The topological polar surface area (TPSA) is 49.6 Å². The van der Waals surface area contributed by atoms with E-state index in [4.69, 9.17) is 0 Å². The fourth-order valence-electron chi connectivity index (χ4n) is 3.85. The van der Waals surface area contributed by atoms with Gasteiger partial charge in [0.25, 0.3) is 5.91 Å². The van der Waals surface area contributed by atoms with Gasteiger partial charge in [0.2, 0.25) is 0 Å². The molecule has 29 heavy (non-hydrogen) atoms. The maximum atomic E-state index is 13.0. The number of hydrogen-bond donors (Lipinski definition) is 1. The van der Waals surface area contributed by atoms with Gasteiger partial charge in [-0.05, 0) is 44.0 Å². The van der Waals surface area contributed by atoms with Crippen molar-refractivity contribution in [2.24, 2.45) is 0 Å². The number of carbonyl (C=O) groups is 1. The first-order valence-corrected chi connectivity index (χ1v) is 10.7. The second-order valence-corrected chi connectivity index (χ2v) is 8.34. The van der Waals surface area contributed by atoms with Crippen molar-refractivity contribution >= 4 is 33.6 Å². The minimum atomic E-state index is -0.0640. The fourth-order valence-corrected chi connectivity index (χ4v) is 4.55. The van der Waals surface area contributed by atoms with Crippen LogP contribution in [-0.4, -0.2) is 28.4 Å². The molecule has 5 nitrogen and oxygen atoms in total. The molecule has 0 spiro atoms. The number of carbonyl (C=O) groups excluding carboxylic acids is 1. The molecule has 4 aromatic rings. The first kappa shape index (κ1) is 17.9. The predicted molar refractivity (Wildman–Crippen MR) is 119 cm³/mol. The van der Waals surface area contributed by atoms with Gasteiger partial charge in [0.05, 0.1) is 11.3 Å². The number of aromatic nitrogens is 2. The zero-order chi connectivity index (χ0) is 19.8. The van der Waals surface area contributed by atoms with E-state index in [9.17, 15) is 4.79 Å². The lowest BCUT2D eigenvalue weighted by Gasteiger charge is -2.21. The van der Waals surface area contributed by atoms with E-state index in [1.165, 1.54) is 12.8 Å². The van der Waals surface area contributed by atoms with Gasteiger partial charge in [-0.1, -0.05) is 23.8 Å². The number of amides is 1. The molecule has 2 aromatic carbocycles. The van der Waals surface area contributed by atoms with E-state index in [1.54, 1.807) is 11.3 Å². The van der Waals surface area contributed by atoms with Gasteiger partial charge in [-0.3, -0.25) is 9.20 Å². The summed E-state index contributed by atoms with van der Waals surface area (Å²) >= 11 is 1.62. The van der Waals surface area contributed by atoms with Crippen LogP contribution in [0.25, 0.3) is 16.2 Å². The van der Waals surface area contributed by atoms with Crippen molar-refractivity contribution in [2.45, 2.75) is 19.8 Å². The third kappa shape index (κ3) is 3.51. The van der Waals surface area contributed by atoms with Gasteiger partial charge in [-0.2, -0.15) is 0 Å². The third-order valence-electron chi connectivity index (χ3n) is 5.38. The third-order valence-corrected chi connectivity index (χ3v) is 6.15. The summed E-state index contributed by atoms with van der Waals surface area (Å²) in [5, 5.41) is 5.08. The van der Waals surface area contributed by atoms with E-state index >= 15 is 0 Å². The smallest absolute Gasteiger partial charge is 0.257 e. The van der Waals surface area contributed by atoms with Crippen LogP contribution in [0.5, 0.6) is 0 Å². The van der Waals surface area contributed by atoms with Crippen molar-refractivity contribution in [1.82, 2.24) is 9.38 Å². The van der Waals surface area contributed by atoms with Crippen LogP contribution in [0.4, 0.5) is 11.4 Å². The van der Waals surface area contributed by atoms with E-state index in [0.717, 1.165) is 51.8 Å². The predicted octanol–water partition coefficient (Wildman–Crippen LogP) is 5.22. The maximum absolute atomic E-state index is 13.0. The van der Waals surface area contributed by atoms with Gasteiger partial charge < -0.3 is 10.2 Å². The van der Waals surface area contributed by atoms with Crippen LogP contribution in [-0.2, 0) is 0 Å². The van der Waals surface area contributed by atoms with Crippen LogP contribution in [0.3, 0.4) is 0 Å². The van der Waals surface area contributed by atoms with Crippen molar-refractivity contribution in [3.8, 4) is 11.3 Å². The molecule has 3 heterocycles. The number of rotatable bonds is 4. The minimum absolute atomic E-state index is 0.0640. The Morgan fingerprint density at radius 1 is 1.10 bits per heavy atom. The SMILES string of the molecule is Cc1ccc(N2CCCC2)c(C(=O)Nc2ccc(-c3cn4ccsc4n3)cc2)c1. The molecule has 1 aliphatic rings. The summed E-state index contributed by atoms with van der Waals surface area (Å²) in [6.45, 7) is 4.05. The molecule has 1 aliphatic heterocycles. The number of imidazole rings is 1. The van der Waals surface area contributed by atoms with Crippen LogP contribution in [0.1, 0.15) is 28.8 Å². The summed E-state index contributed by atoms with van der Waals surface area (Å²) in [5.41, 5.74) is 5.62. The number of hydrogen-bond acceptors (Lipinski definition) is 4. The van der Waals surface area contributed by atoms with Crippen molar-refractivity contribution in [1.29, 1.82) is 0 Å². The molecule has 146 valence electrons. The zero-order valence-corrected chi connectivity index (χ0v) is 17.1. The highest BCUT2D eigenvalue weighted by molar-refractivity contribution is 7.15. The Labute approximate surface area is 173 Å². The second-order valence-electron chi connectivity index (χ2n) is 7.47. The lowest BCUT2D eigenvalue weighted by atomic mass is 10.1. The molecule has 1 saturated heterocycles. The first-order chi connectivity index (χ1) is 14.2. The summed E-state index contributed by atoms with van der Waals surface area (Å²) in [7, 11) is 0. The molecule has 6 heteroatoms. The van der Waals surface area contributed by atoms with Crippen LogP contribution in [0.2, 0.25) is 0 Å². The van der Waals surface area contributed by atoms with Crippen LogP contribution >= 0.6 is 11.3 Å². The quantitative estimate of drug-likeness (QED) is 0.509. The van der Waals surface area contributed by atoms with Crippen molar-refractivity contribution in [3.63, 3.8) is 0 Å². The maximum Gasteiger partial charge on any atom is 0.257 e. The number of aryl methyl sites for hydroxylation is 1. The number of benzene rings is 2. The molecule has 5 rings (SSSR count). The Bertz CT molecular complexity index is 1140. The highest BCUT2D eigenvalue weighted by Crippen LogP contribution is 2.27. The second kappa shape index (κ2) is 7.37. The summed E-state index contributed by atoms with van der Waals surface area (Å²) in [6, 6.07) is 14.0. The normalized spacial score (nSPS) is 13.9. The monoisotopic (exact) mass is 402 g/mol. The fraction of sp³-hybridized carbons (Fsp3) is 0.217. The van der Waals surface area contributed by atoms with Crippen LogP contribution in [0.15, 0.2) is 60.2 Å². The largest absolute Gasteiger partial charge is 0.371 e. The molecule has 1 N–H and O–H groups in total.